The van der Waals surface area contributed by atoms with Crippen molar-refractivity contribution in [1.82, 2.24) is 19.7 Å². The Morgan fingerprint density at radius 1 is 1.13 bits per heavy atom. The van der Waals surface area contributed by atoms with Crippen molar-refractivity contribution in [2.45, 2.75) is 32.7 Å². The average Bonchev–Trinajstić information content (AvgIpc) is 3.37. The van der Waals surface area contributed by atoms with Gasteiger partial charge in [0, 0.05) is 22.1 Å². The van der Waals surface area contributed by atoms with Gasteiger partial charge in [0.15, 0.2) is 11.5 Å². The number of hydrogen-bond donors (Lipinski definition) is 0. The van der Waals surface area contributed by atoms with Gasteiger partial charge in [0.25, 0.3) is 5.89 Å². The summed E-state index contributed by atoms with van der Waals surface area (Å²) in [7, 11) is 0. The molecule has 0 aliphatic carbocycles. The summed E-state index contributed by atoms with van der Waals surface area (Å²) < 4.78 is 22.2. The van der Waals surface area contributed by atoms with E-state index in [1.54, 1.807) is 36.7 Å². The topological polar surface area (TPSA) is 69.1 Å². The van der Waals surface area contributed by atoms with Crippen molar-refractivity contribution < 1.29 is 8.91 Å². The number of benzene rings is 2. The standard InChI is InChI=1S/C23H19ClFN5O/c1-12(2)22-28-23(31-29-22)20-21-13(3)27-19(15-6-4-5-7-17(15)25)16-10-14(24)8-9-18(16)30(21)11-26-20/h4-13H,1-3H3/t13-/m1/s1. The molecule has 2 aromatic carbocycles. The molecule has 0 fully saturated rings. The Balaban J connectivity index is 1.76. The van der Waals surface area contributed by atoms with Crippen molar-refractivity contribution >= 4 is 17.3 Å². The molecule has 0 saturated heterocycles. The summed E-state index contributed by atoms with van der Waals surface area (Å²) in [5.74, 6) is 0.734. The Hall–Kier alpha value is -3.32. The van der Waals surface area contributed by atoms with Crippen LogP contribution < -0.4 is 0 Å². The van der Waals surface area contributed by atoms with Crippen LogP contribution in [0.4, 0.5) is 4.39 Å². The zero-order valence-corrected chi connectivity index (χ0v) is 17.9. The Morgan fingerprint density at radius 3 is 2.68 bits per heavy atom. The Labute approximate surface area is 183 Å². The fourth-order valence-corrected chi connectivity index (χ4v) is 3.95. The lowest BCUT2D eigenvalue weighted by molar-refractivity contribution is 0.417. The molecular weight excluding hydrogens is 417 g/mol. The molecule has 2 aromatic heterocycles. The lowest BCUT2D eigenvalue weighted by atomic mass is 10.00. The first-order valence-electron chi connectivity index (χ1n) is 9.98. The van der Waals surface area contributed by atoms with Gasteiger partial charge in [0.05, 0.1) is 23.1 Å². The second-order valence-electron chi connectivity index (χ2n) is 7.76. The molecule has 0 amide bonds. The average molecular weight is 436 g/mol. The van der Waals surface area contributed by atoms with Gasteiger partial charge in [-0.3, -0.25) is 9.56 Å². The number of rotatable bonds is 3. The van der Waals surface area contributed by atoms with Gasteiger partial charge < -0.3 is 4.52 Å². The van der Waals surface area contributed by atoms with Crippen LogP contribution in [0.15, 0.2) is 58.3 Å². The van der Waals surface area contributed by atoms with E-state index in [1.165, 1.54) is 6.07 Å². The lowest BCUT2D eigenvalue weighted by Crippen LogP contribution is -2.09. The number of halogens is 2. The van der Waals surface area contributed by atoms with E-state index in [0.717, 1.165) is 16.9 Å². The first-order valence-corrected chi connectivity index (χ1v) is 10.4. The van der Waals surface area contributed by atoms with Gasteiger partial charge in [-0.2, -0.15) is 4.98 Å². The highest BCUT2D eigenvalue weighted by molar-refractivity contribution is 6.31. The number of aliphatic imine (C=N–C) groups is 1. The molecule has 0 saturated carbocycles. The molecule has 1 atom stereocenters. The van der Waals surface area contributed by atoms with Crippen LogP contribution in [0.1, 0.15) is 55.4 Å². The summed E-state index contributed by atoms with van der Waals surface area (Å²) in [6, 6.07) is 11.7. The molecule has 5 rings (SSSR count). The second kappa shape index (κ2) is 7.42. The summed E-state index contributed by atoms with van der Waals surface area (Å²) >= 11 is 6.31. The molecule has 31 heavy (non-hydrogen) atoms. The molecule has 0 radical (unpaired) electrons. The summed E-state index contributed by atoms with van der Waals surface area (Å²) in [6.45, 7) is 5.93. The molecule has 1 aliphatic rings. The normalized spacial score (nSPS) is 15.4. The van der Waals surface area contributed by atoms with Crippen molar-refractivity contribution in [3.05, 3.63) is 82.3 Å². The van der Waals surface area contributed by atoms with E-state index in [9.17, 15) is 4.39 Å². The van der Waals surface area contributed by atoms with Crippen LogP contribution in [0.3, 0.4) is 0 Å². The van der Waals surface area contributed by atoms with E-state index < -0.39 is 0 Å². The monoisotopic (exact) mass is 435 g/mol. The molecule has 3 heterocycles. The molecule has 0 spiro atoms. The van der Waals surface area contributed by atoms with E-state index in [2.05, 4.69) is 15.1 Å². The fourth-order valence-electron chi connectivity index (χ4n) is 3.78. The number of fused-ring (bicyclic) bond motifs is 3. The van der Waals surface area contributed by atoms with Crippen LogP contribution in [0.25, 0.3) is 17.3 Å². The third-order valence-electron chi connectivity index (χ3n) is 5.29. The van der Waals surface area contributed by atoms with E-state index in [4.69, 9.17) is 21.1 Å². The molecule has 0 bridgehead atoms. The zero-order chi connectivity index (χ0) is 21.7. The molecule has 8 heteroatoms. The Morgan fingerprint density at radius 2 is 1.94 bits per heavy atom. The van der Waals surface area contributed by atoms with Crippen molar-refractivity contribution in [2.75, 3.05) is 0 Å². The third kappa shape index (κ3) is 3.25. The second-order valence-corrected chi connectivity index (χ2v) is 8.19. The van der Waals surface area contributed by atoms with Crippen LogP contribution in [-0.4, -0.2) is 25.4 Å². The highest BCUT2D eigenvalue weighted by atomic mass is 35.5. The highest BCUT2D eigenvalue weighted by Crippen LogP contribution is 2.37. The van der Waals surface area contributed by atoms with Crippen LogP contribution in [0.2, 0.25) is 5.02 Å². The van der Waals surface area contributed by atoms with E-state index >= 15 is 0 Å². The quantitative estimate of drug-likeness (QED) is 0.411. The number of imidazole rings is 1. The van der Waals surface area contributed by atoms with Gasteiger partial charge in [-0.05, 0) is 37.3 Å². The molecule has 0 unspecified atom stereocenters. The molecular formula is C23H19ClFN5O. The summed E-state index contributed by atoms with van der Waals surface area (Å²) in [4.78, 5) is 14.0. The fraction of sp³-hybridized carbons (Fsp3) is 0.217. The minimum atomic E-state index is -0.354. The molecule has 1 aliphatic heterocycles. The summed E-state index contributed by atoms with van der Waals surface area (Å²) in [5.41, 5.74) is 3.82. The smallest absolute Gasteiger partial charge is 0.278 e. The minimum absolute atomic E-state index is 0.129. The van der Waals surface area contributed by atoms with Gasteiger partial charge in [-0.1, -0.05) is 42.7 Å². The Kier molecular flexibility index (Phi) is 4.70. The summed E-state index contributed by atoms with van der Waals surface area (Å²) in [5, 5.41) is 4.60. The predicted molar refractivity (Wildman–Crippen MR) is 116 cm³/mol. The number of aromatic nitrogens is 4. The Bertz CT molecular complexity index is 1320. The van der Waals surface area contributed by atoms with E-state index in [0.29, 0.717) is 33.7 Å². The zero-order valence-electron chi connectivity index (χ0n) is 17.2. The maximum atomic E-state index is 14.7. The van der Waals surface area contributed by atoms with Crippen LogP contribution >= 0.6 is 11.6 Å². The van der Waals surface area contributed by atoms with Crippen LogP contribution in [0.5, 0.6) is 0 Å². The first kappa shape index (κ1) is 19.6. The third-order valence-corrected chi connectivity index (χ3v) is 5.52. The van der Waals surface area contributed by atoms with E-state index in [1.807, 2.05) is 31.4 Å². The van der Waals surface area contributed by atoms with Crippen LogP contribution in [0, 0.1) is 5.82 Å². The predicted octanol–water partition coefficient (Wildman–Crippen LogP) is 5.75. The van der Waals surface area contributed by atoms with Gasteiger partial charge >= 0.3 is 0 Å². The van der Waals surface area contributed by atoms with Crippen molar-refractivity contribution in [1.29, 1.82) is 0 Å². The SMILES string of the molecule is CC(C)c1noc(-c2ncn3c2[C@@H](C)N=C(c2ccccc2F)c2cc(Cl)ccc2-3)n1. The van der Waals surface area contributed by atoms with Crippen molar-refractivity contribution in [3.63, 3.8) is 0 Å². The van der Waals surface area contributed by atoms with Gasteiger partial charge in [-0.15, -0.1) is 0 Å². The van der Waals surface area contributed by atoms with Crippen molar-refractivity contribution in [2.24, 2.45) is 4.99 Å². The van der Waals surface area contributed by atoms with Gasteiger partial charge in [0.2, 0.25) is 0 Å². The van der Waals surface area contributed by atoms with E-state index in [-0.39, 0.29) is 17.8 Å². The maximum Gasteiger partial charge on any atom is 0.278 e. The number of nitrogens with zero attached hydrogens (tertiary/aromatic N) is 5. The molecule has 4 aromatic rings. The van der Waals surface area contributed by atoms with Crippen LogP contribution in [-0.2, 0) is 0 Å². The molecule has 0 N–H and O–H groups in total. The summed E-state index contributed by atoms with van der Waals surface area (Å²) in [6.07, 6.45) is 1.70. The minimum Gasteiger partial charge on any atom is -0.332 e. The molecule has 6 nitrogen and oxygen atoms in total. The molecule has 156 valence electrons. The van der Waals surface area contributed by atoms with Gasteiger partial charge in [0.1, 0.15) is 12.1 Å². The number of hydrogen-bond acceptors (Lipinski definition) is 5. The largest absolute Gasteiger partial charge is 0.332 e. The first-order chi connectivity index (χ1) is 14.9. The van der Waals surface area contributed by atoms with Gasteiger partial charge in [-0.25, -0.2) is 9.37 Å². The van der Waals surface area contributed by atoms with Crippen molar-refractivity contribution in [3.8, 4) is 17.3 Å². The maximum absolute atomic E-state index is 14.7. The highest BCUT2D eigenvalue weighted by Gasteiger charge is 2.29. The lowest BCUT2D eigenvalue weighted by Gasteiger charge is -2.12.